The van der Waals surface area contributed by atoms with Crippen molar-refractivity contribution in [2.75, 3.05) is 65.3 Å². The highest BCUT2D eigenvalue weighted by Gasteiger charge is 2.37. The number of aliphatic hydroxyl groups is 1. The molecule has 2 unspecified atom stereocenters. The zero-order chi connectivity index (χ0) is 39.7. The number of piperazine rings is 1. The van der Waals surface area contributed by atoms with Gasteiger partial charge in [-0.25, -0.2) is 0 Å². The highest BCUT2D eigenvalue weighted by molar-refractivity contribution is 5.94. The van der Waals surface area contributed by atoms with Crippen LogP contribution in [0.2, 0.25) is 0 Å². The summed E-state index contributed by atoms with van der Waals surface area (Å²) in [4.78, 5) is 44.3. The number of carbonyl (C=O) groups excluding carboxylic acids is 2. The number of amides is 2. The molecule has 0 spiro atoms. The minimum atomic E-state index is -4.58. The first-order chi connectivity index (χ1) is 26.8. The molecule has 17 heteroatoms. The van der Waals surface area contributed by atoms with Crippen LogP contribution < -0.4 is 25.7 Å². The summed E-state index contributed by atoms with van der Waals surface area (Å²) >= 11 is 0. The van der Waals surface area contributed by atoms with E-state index in [0.29, 0.717) is 93.9 Å². The number of piperidine rings is 2. The van der Waals surface area contributed by atoms with E-state index in [1.165, 1.54) is 10.6 Å². The maximum absolute atomic E-state index is 14.3. The second kappa shape index (κ2) is 16.2. The van der Waals surface area contributed by atoms with Gasteiger partial charge in [0.2, 0.25) is 11.8 Å². The summed E-state index contributed by atoms with van der Waals surface area (Å²) in [6.45, 7) is 4.08. The number of likely N-dealkylation sites (tertiary alicyclic amines) is 1. The van der Waals surface area contributed by atoms with Crippen LogP contribution in [0.4, 0.5) is 18.9 Å². The third-order valence-corrected chi connectivity index (χ3v) is 11.3. The molecule has 2 aromatic heterocycles. The SMILES string of the molecule is COc1cc(-c2cn(C)c(=O)c3[nH]ncc23)cc(OC)c1CN1CCN(C(=O)CN2CCC(c3ccc(NC4CCC(O)NC4=O)cc3C(F)(F)F)CC2)CC1. The summed E-state index contributed by atoms with van der Waals surface area (Å²) in [5.41, 5.74) is 2.42. The normalized spacial score (nSPS) is 20.3. The summed E-state index contributed by atoms with van der Waals surface area (Å²) in [6, 6.07) is 7.27. The second-order valence-corrected chi connectivity index (χ2v) is 14.8. The molecule has 0 bridgehead atoms. The second-order valence-electron chi connectivity index (χ2n) is 14.8. The number of nitrogens with one attached hydrogen (secondary N) is 3. The number of anilines is 1. The number of alkyl halides is 3. The molecule has 4 N–H and O–H groups in total. The Morgan fingerprint density at radius 3 is 2.30 bits per heavy atom. The van der Waals surface area contributed by atoms with Gasteiger partial charge < -0.3 is 34.7 Å². The third-order valence-electron chi connectivity index (χ3n) is 11.3. The van der Waals surface area contributed by atoms with Crippen LogP contribution in [0.3, 0.4) is 0 Å². The van der Waals surface area contributed by atoms with E-state index >= 15 is 0 Å². The molecule has 3 aliphatic rings. The number of aromatic nitrogens is 3. The molecule has 2 aromatic carbocycles. The van der Waals surface area contributed by atoms with Crippen molar-refractivity contribution in [3.05, 3.63) is 69.8 Å². The number of nitrogens with zero attached hydrogens (tertiary/aromatic N) is 5. The fraction of sp³-hybridized carbons (Fsp3) is 0.487. The van der Waals surface area contributed by atoms with Crippen LogP contribution in [0.1, 0.15) is 48.3 Å². The molecule has 7 rings (SSSR count). The van der Waals surface area contributed by atoms with E-state index in [1.54, 1.807) is 39.7 Å². The monoisotopic (exact) mass is 780 g/mol. The van der Waals surface area contributed by atoms with Crippen LogP contribution >= 0.6 is 0 Å². The van der Waals surface area contributed by atoms with Crippen LogP contribution in [0.5, 0.6) is 11.5 Å². The Morgan fingerprint density at radius 2 is 1.66 bits per heavy atom. The van der Waals surface area contributed by atoms with Crippen molar-refractivity contribution < 1.29 is 37.3 Å². The van der Waals surface area contributed by atoms with Crippen molar-refractivity contribution >= 4 is 28.4 Å². The van der Waals surface area contributed by atoms with Crippen LogP contribution in [-0.4, -0.2) is 119 Å². The van der Waals surface area contributed by atoms with E-state index in [9.17, 15) is 32.7 Å². The van der Waals surface area contributed by atoms with E-state index in [2.05, 4.69) is 25.7 Å². The molecule has 0 radical (unpaired) electrons. The fourth-order valence-electron chi connectivity index (χ4n) is 8.13. The van der Waals surface area contributed by atoms with Gasteiger partial charge in [0, 0.05) is 62.6 Å². The summed E-state index contributed by atoms with van der Waals surface area (Å²) in [6.07, 6.45) is -0.549. The number of aromatic amines is 1. The summed E-state index contributed by atoms with van der Waals surface area (Å²) < 4.78 is 56.0. The summed E-state index contributed by atoms with van der Waals surface area (Å²) in [5, 5.41) is 22.5. The number of methoxy groups -OCH3 is 2. The topological polar surface area (TPSA) is 157 Å². The van der Waals surface area contributed by atoms with Crippen LogP contribution in [0, 0.1) is 0 Å². The Labute approximate surface area is 321 Å². The number of rotatable bonds is 10. The Hall–Kier alpha value is -5.13. The van der Waals surface area contributed by atoms with Gasteiger partial charge in [0.1, 0.15) is 29.3 Å². The Bertz CT molecular complexity index is 2110. The van der Waals surface area contributed by atoms with E-state index in [0.717, 1.165) is 22.8 Å². The van der Waals surface area contributed by atoms with Gasteiger partial charge in [0.05, 0.1) is 38.1 Å². The van der Waals surface area contributed by atoms with Gasteiger partial charge in [0.25, 0.3) is 5.56 Å². The standard InChI is InChI=1S/C39H47F3N8O6/c1-47-20-28(27-19-43-46-36(27)38(47)54)24-16-32(55-2)29(33(17-24)56-3)21-49-12-14-50(15-13-49)35(52)22-48-10-8-23(9-11-48)26-5-4-25(18-30(26)39(40,41)42)44-31-6-7-34(51)45-37(31)53/h4-5,16-20,23,31,34,44,51H,6-15,21-22H2,1-3H3,(H,43,46)(H,45,53). The number of hydrogen-bond acceptors (Lipinski definition) is 10. The number of carbonyl (C=O) groups is 2. The first-order valence-corrected chi connectivity index (χ1v) is 18.8. The van der Waals surface area contributed by atoms with Gasteiger partial charge in [-0.2, -0.15) is 18.3 Å². The summed E-state index contributed by atoms with van der Waals surface area (Å²) in [7, 11) is 4.90. The first-order valence-electron chi connectivity index (χ1n) is 18.8. The molecule has 4 aromatic rings. The molecule has 2 atom stereocenters. The first kappa shape index (κ1) is 39.1. The zero-order valence-electron chi connectivity index (χ0n) is 31.6. The van der Waals surface area contributed by atoms with Crippen molar-refractivity contribution in [3.63, 3.8) is 0 Å². The maximum atomic E-state index is 14.3. The zero-order valence-corrected chi connectivity index (χ0v) is 31.6. The van der Waals surface area contributed by atoms with Gasteiger partial charge >= 0.3 is 6.18 Å². The molecule has 3 aliphatic heterocycles. The van der Waals surface area contributed by atoms with Crippen molar-refractivity contribution in [3.8, 4) is 22.6 Å². The maximum Gasteiger partial charge on any atom is 0.416 e. The molecular formula is C39H47F3N8O6. The predicted molar refractivity (Wildman–Crippen MR) is 202 cm³/mol. The number of hydrogen-bond donors (Lipinski definition) is 4. The highest BCUT2D eigenvalue weighted by Crippen LogP contribution is 2.41. The number of pyridine rings is 1. The summed E-state index contributed by atoms with van der Waals surface area (Å²) in [5.74, 6) is 0.496. The molecule has 14 nitrogen and oxygen atoms in total. The predicted octanol–water partition coefficient (Wildman–Crippen LogP) is 3.50. The lowest BCUT2D eigenvalue weighted by Crippen LogP contribution is -2.51. The van der Waals surface area contributed by atoms with E-state index in [-0.39, 0.29) is 35.2 Å². The Morgan fingerprint density at radius 1 is 0.964 bits per heavy atom. The number of aliphatic hydroxyl groups excluding tert-OH is 1. The van der Waals surface area contributed by atoms with Crippen molar-refractivity contribution in [1.29, 1.82) is 0 Å². The van der Waals surface area contributed by atoms with Crippen molar-refractivity contribution in [2.45, 2.75) is 56.6 Å². The average molecular weight is 781 g/mol. The number of H-pyrrole nitrogens is 1. The number of fused-ring (bicyclic) bond motifs is 1. The molecule has 3 fully saturated rings. The number of benzene rings is 2. The molecule has 5 heterocycles. The minimum Gasteiger partial charge on any atom is -0.496 e. The molecule has 0 aliphatic carbocycles. The van der Waals surface area contributed by atoms with Gasteiger partial charge in [-0.05, 0) is 80.1 Å². The van der Waals surface area contributed by atoms with Gasteiger partial charge in [-0.3, -0.25) is 29.3 Å². The van der Waals surface area contributed by atoms with Crippen molar-refractivity contribution in [2.24, 2.45) is 7.05 Å². The van der Waals surface area contributed by atoms with Crippen LogP contribution in [0.15, 0.2) is 47.5 Å². The lowest BCUT2D eigenvalue weighted by Gasteiger charge is -2.37. The van der Waals surface area contributed by atoms with Crippen LogP contribution in [0.25, 0.3) is 22.0 Å². The molecule has 2 amide bonds. The molecule has 3 saturated heterocycles. The van der Waals surface area contributed by atoms with E-state index in [4.69, 9.17) is 9.47 Å². The van der Waals surface area contributed by atoms with Crippen molar-refractivity contribution in [1.82, 2.24) is 34.8 Å². The lowest BCUT2D eigenvalue weighted by molar-refractivity contribution is -0.138. The van der Waals surface area contributed by atoms with Gasteiger partial charge in [0.15, 0.2) is 0 Å². The van der Waals surface area contributed by atoms with Gasteiger partial charge in [-0.15, -0.1) is 0 Å². The molecule has 0 saturated carbocycles. The fourth-order valence-corrected chi connectivity index (χ4v) is 8.13. The number of ether oxygens (including phenoxy) is 2. The van der Waals surface area contributed by atoms with Gasteiger partial charge in [-0.1, -0.05) is 6.07 Å². The lowest BCUT2D eigenvalue weighted by atomic mass is 9.86. The third kappa shape index (κ3) is 8.20. The molecular weight excluding hydrogens is 733 g/mol. The minimum absolute atomic E-state index is 0.00360. The average Bonchev–Trinajstić information content (AvgIpc) is 3.68. The largest absolute Gasteiger partial charge is 0.496 e. The quantitative estimate of drug-likeness (QED) is 0.188. The van der Waals surface area contributed by atoms with E-state index in [1.807, 2.05) is 21.9 Å². The Kier molecular flexibility index (Phi) is 11.3. The number of aryl methyl sites for hydroxylation is 1. The van der Waals surface area contributed by atoms with E-state index < -0.39 is 29.9 Å². The highest BCUT2D eigenvalue weighted by atomic mass is 19.4. The number of halogens is 3. The van der Waals surface area contributed by atoms with Crippen LogP contribution in [-0.2, 0) is 29.4 Å². The smallest absolute Gasteiger partial charge is 0.416 e. The molecule has 300 valence electrons. The Balaban J connectivity index is 0.934. The molecule has 56 heavy (non-hydrogen) atoms.